The van der Waals surface area contributed by atoms with E-state index >= 15 is 0 Å². The number of ketones is 1. The average molecular weight is 323 g/mol. The number of carbonyl (C=O) groups excluding carboxylic acids is 1. The minimum absolute atomic E-state index is 0.0192. The number of rotatable bonds is 3. The number of nitrogens with zero attached hydrogens (tertiary/aromatic N) is 2. The topological polar surface area (TPSA) is 33.2 Å². The molecular weight excluding hydrogens is 313 g/mol. The lowest BCUT2D eigenvalue weighted by Gasteiger charge is -2.08. The van der Waals surface area contributed by atoms with Crippen LogP contribution in [0.4, 0.5) is 13.2 Å². The third-order valence-corrected chi connectivity index (χ3v) is 2.53. The first-order valence-corrected chi connectivity index (χ1v) is 5.63. The molecule has 0 N–H and O–H groups in total. The van der Waals surface area contributed by atoms with Gasteiger partial charge in [0.2, 0.25) is 5.78 Å². The van der Waals surface area contributed by atoms with E-state index in [0.717, 1.165) is 6.07 Å². The Hall–Kier alpha value is -1.37. The molecule has 3 nitrogen and oxygen atoms in total. The maximum absolute atomic E-state index is 12.4. The minimum atomic E-state index is -4.48. The predicted octanol–water partition coefficient (Wildman–Crippen LogP) is 3.12. The average Bonchev–Trinajstić information content (AvgIpc) is 2.24. The number of carbonyl (C=O) groups is 1. The molecule has 1 rings (SSSR count). The van der Waals surface area contributed by atoms with Gasteiger partial charge in [-0.05, 0) is 22.0 Å². The summed E-state index contributed by atoms with van der Waals surface area (Å²) in [6.45, 7) is 0. The van der Waals surface area contributed by atoms with E-state index in [2.05, 4.69) is 20.9 Å². The van der Waals surface area contributed by atoms with Crippen molar-refractivity contribution in [3.63, 3.8) is 0 Å². The molecule has 1 heterocycles. The summed E-state index contributed by atoms with van der Waals surface area (Å²) in [7, 11) is 3.44. The Morgan fingerprint density at radius 3 is 2.50 bits per heavy atom. The van der Waals surface area contributed by atoms with Gasteiger partial charge in [-0.15, -0.1) is 0 Å². The molecule has 0 saturated heterocycles. The summed E-state index contributed by atoms with van der Waals surface area (Å²) < 4.78 is 37.2. The molecule has 0 aliphatic rings. The van der Waals surface area contributed by atoms with Crippen LogP contribution in [0.3, 0.4) is 0 Å². The number of allylic oxidation sites excluding steroid dienone is 1. The molecule has 0 unspecified atom stereocenters. The summed E-state index contributed by atoms with van der Waals surface area (Å²) in [5, 5.41) is 0. The van der Waals surface area contributed by atoms with Gasteiger partial charge in [-0.3, -0.25) is 9.78 Å². The maximum Gasteiger partial charge on any atom is 0.417 e. The third-order valence-electron chi connectivity index (χ3n) is 1.93. The molecule has 0 aliphatic carbocycles. The fraction of sp³-hybridized carbons (Fsp3) is 0.273. The first-order chi connectivity index (χ1) is 8.21. The van der Waals surface area contributed by atoms with Crippen molar-refractivity contribution < 1.29 is 18.0 Å². The van der Waals surface area contributed by atoms with Gasteiger partial charge in [-0.25, -0.2) is 0 Å². The Kier molecular flexibility index (Phi) is 4.50. The summed E-state index contributed by atoms with van der Waals surface area (Å²) >= 11 is 2.92. The normalized spacial score (nSPS) is 11.9. The Labute approximate surface area is 110 Å². The molecule has 0 atom stereocenters. The molecule has 1 aromatic heterocycles. The predicted molar refractivity (Wildman–Crippen MR) is 64.1 cm³/mol. The van der Waals surface area contributed by atoms with Gasteiger partial charge in [0.1, 0.15) is 5.69 Å². The number of halogens is 4. The summed E-state index contributed by atoms with van der Waals surface area (Å²) in [6, 6.07) is 0.837. The van der Waals surface area contributed by atoms with Crippen LogP contribution in [0, 0.1) is 0 Å². The quantitative estimate of drug-likeness (QED) is 0.633. The summed E-state index contributed by atoms with van der Waals surface area (Å²) in [5.41, 5.74) is -0.955. The molecule has 0 aromatic carbocycles. The van der Waals surface area contributed by atoms with Gasteiger partial charge < -0.3 is 4.90 Å². The van der Waals surface area contributed by atoms with Crippen molar-refractivity contribution in [1.29, 1.82) is 0 Å². The Morgan fingerprint density at radius 2 is 2.06 bits per heavy atom. The largest absolute Gasteiger partial charge is 0.417 e. The SMILES string of the molecule is CN(C)/C=C/C(=O)c1ncc(C(F)(F)F)cc1Br. The molecule has 0 amide bonds. The summed E-state index contributed by atoms with van der Waals surface area (Å²) in [4.78, 5) is 16.8. The summed E-state index contributed by atoms with van der Waals surface area (Å²) in [6.07, 6.45) is -1.10. The first kappa shape index (κ1) is 14.7. The van der Waals surface area contributed by atoms with Gasteiger partial charge in [0.05, 0.1) is 5.56 Å². The zero-order valence-corrected chi connectivity index (χ0v) is 11.2. The van der Waals surface area contributed by atoms with E-state index in [9.17, 15) is 18.0 Å². The number of hydrogen-bond acceptors (Lipinski definition) is 3. The molecule has 0 aliphatic heterocycles. The van der Waals surface area contributed by atoms with E-state index in [1.807, 2.05) is 0 Å². The lowest BCUT2D eigenvalue weighted by Crippen LogP contribution is -2.09. The molecule has 98 valence electrons. The zero-order valence-electron chi connectivity index (χ0n) is 9.62. The number of pyridine rings is 1. The Balaban J connectivity index is 3.03. The highest BCUT2D eigenvalue weighted by Gasteiger charge is 2.31. The van der Waals surface area contributed by atoms with Gasteiger partial charge in [-0.1, -0.05) is 0 Å². The molecule has 0 saturated carbocycles. The van der Waals surface area contributed by atoms with Crippen LogP contribution in [0.2, 0.25) is 0 Å². The summed E-state index contributed by atoms with van der Waals surface area (Å²) in [5.74, 6) is -0.468. The molecule has 0 fully saturated rings. The van der Waals surface area contributed by atoms with Crippen molar-refractivity contribution >= 4 is 21.7 Å². The monoisotopic (exact) mass is 322 g/mol. The van der Waals surface area contributed by atoms with Gasteiger partial charge in [0.15, 0.2) is 0 Å². The van der Waals surface area contributed by atoms with Crippen molar-refractivity contribution in [2.75, 3.05) is 14.1 Å². The molecule has 1 aromatic rings. The van der Waals surface area contributed by atoms with E-state index < -0.39 is 17.5 Å². The van der Waals surface area contributed by atoms with Crippen LogP contribution < -0.4 is 0 Å². The van der Waals surface area contributed by atoms with E-state index in [4.69, 9.17) is 0 Å². The lowest BCUT2D eigenvalue weighted by molar-refractivity contribution is -0.137. The fourth-order valence-corrected chi connectivity index (χ4v) is 1.61. The molecule has 0 bridgehead atoms. The van der Waals surface area contributed by atoms with Crippen molar-refractivity contribution in [3.8, 4) is 0 Å². The van der Waals surface area contributed by atoms with Crippen molar-refractivity contribution in [2.45, 2.75) is 6.18 Å². The van der Waals surface area contributed by atoms with Gasteiger partial charge >= 0.3 is 6.18 Å². The Bertz CT molecular complexity index is 484. The van der Waals surface area contributed by atoms with Crippen LogP contribution in [0.5, 0.6) is 0 Å². The second-order valence-electron chi connectivity index (χ2n) is 3.70. The molecule has 0 radical (unpaired) electrons. The fourth-order valence-electron chi connectivity index (χ4n) is 1.07. The molecule has 7 heteroatoms. The van der Waals surface area contributed by atoms with Crippen LogP contribution >= 0.6 is 15.9 Å². The minimum Gasteiger partial charge on any atom is -0.383 e. The van der Waals surface area contributed by atoms with E-state index in [1.54, 1.807) is 19.0 Å². The lowest BCUT2D eigenvalue weighted by atomic mass is 10.2. The highest BCUT2D eigenvalue weighted by Crippen LogP contribution is 2.31. The standard InChI is InChI=1S/C11H10BrF3N2O/c1-17(2)4-3-9(18)10-8(12)5-7(6-16-10)11(13,14)15/h3-6H,1-2H3/b4-3+. The van der Waals surface area contributed by atoms with E-state index in [0.29, 0.717) is 6.20 Å². The second kappa shape index (κ2) is 5.51. The van der Waals surface area contributed by atoms with Gasteiger partial charge in [0, 0.05) is 37.0 Å². The number of alkyl halides is 3. The maximum atomic E-state index is 12.4. The second-order valence-corrected chi connectivity index (χ2v) is 4.55. The number of hydrogen-bond donors (Lipinski definition) is 0. The van der Waals surface area contributed by atoms with Crippen LogP contribution in [0.1, 0.15) is 16.1 Å². The van der Waals surface area contributed by atoms with E-state index in [1.165, 1.54) is 12.3 Å². The van der Waals surface area contributed by atoms with E-state index in [-0.39, 0.29) is 10.2 Å². The zero-order chi connectivity index (χ0) is 13.9. The van der Waals surface area contributed by atoms with Crippen LogP contribution in [-0.2, 0) is 6.18 Å². The van der Waals surface area contributed by atoms with Crippen molar-refractivity contribution in [1.82, 2.24) is 9.88 Å². The number of aromatic nitrogens is 1. The van der Waals surface area contributed by atoms with Crippen molar-refractivity contribution in [3.05, 3.63) is 40.3 Å². The van der Waals surface area contributed by atoms with Crippen LogP contribution in [0.15, 0.2) is 29.0 Å². The first-order valence-electron chi connectivity index (χ1n) is 4.83. The van der Waals surface area contributed by atoms with Crippen LogP contribution in [-0.4, -0.2) is 29.8 Å². The highest BCUT2D eigenvalue weighted by atomic mass is 79.9. The van der Waals surface area contributed by atoms with Gasteiger partial charge in [-0.2, -0.15) is 13.2 Å². The van der Waals surface area contributed by atoms with Crippen molar-refractivity contribution in [2.24, 2.45) is 0 Å². The molecule has 0 spiro atoms. The Morgan fingerprint density at radius 1 is 1.44 bits per heavy atom. The smallest absolute Gasteiger partial charge is 0.383 e. The third kappa shape index (κ3) is 3.83. The molecular formula is C11H10BrF3N2O. The van der Waals surface area contributed by atoms with Crippen LogP contribution in [0.25, 0.3) is 0 Å². The van der Waals surface area contributed by atoms with Gasteiger partial charge in [0.25, 0.3) is 0 Å². The molecule has 18 heavy (non-hydrogen) atoms. The highest BCUT2D eigenvalue weighted by molar-refractivity contribution is 9.10.